The van der Waals surface area contributed by atoms with Crippen molar-refractivity contribution in [3.63, 3.8) is 0 Å². The lowest BCUT2D eigenvalue weighted by Gasteiger charge is -2.23. The zero-order valence-corrected chi connectivity index (χ0v) is 17.5. The molecule has 0 radical (unpaired) electrons. The van der Waals surface area contributed by atoms with Crippen molar-refractivity contribution in [3.05, 3.63) is 77.7 Å². The van der Waals surface area contributed by atoms with Gasteiger partial charge in [-0.05, 0) is 48.4 Å². The minimum atomic E-state index is -0.705. The fourth-order valence-corrected chi connectivity index (χ4v) is 3.81. The smallest absolute Gasteiger partial charge is 0.309 e. The Hall–Kier alpha value is -3.25. The second-order valence-corrected chi connectivity index (χ2v) is 8.04. The number of hydrogen-bond acceptors (Lipinski definition) is 4. The number of benzene rings is 2. The van der Waals surface area contributed by atoms with Gasteiger partial charge in [-0.1, -0.05) is 38.1 Å². The van der Waals surface area contributed by atoms with Gasteiger partial charge >= 0.3 is 5.97 Å². The lowest BCUT2D eigenvalue weighted by Crippen LogP contribution is -2.31. The number of aliphatic hydroxyl groups excluding tert-OH is 1. The second-order valence-electron chi connectivity index (χ2n) is 8.04. The number of cyclic esters (lactones) is 1. The largest absolute Gasteiger partial charge is 0.458 e. The van der Waals surface area contributed by atoms with Gasteiger partial charge in [0.05, 0.1) is 29.6 Å². The molecule has 0 saturated carbocycles. The van der Waals surface area contributed by atoms with E-state index < -0.39 is 18.2 Å². The molecule has 1 aliphatic rings. The van der Waals surface area contributed by atoms with Gasteiger partial charge in [0.15, 0.2) is 0 Å². The van der Waals surface area contributed by atoms with Crippen LogP contribution in [0.25, 0.3) is 23.0 Å². The van der Waals surface area contributed by atoms with E-state index in [1.165, 1.54) is 12.1 Å². The van der Waals surface area contributed by atoms with Crippen molar-refractivity contribution >= 4 is 12.0 Å². The molecule has 5 nitrogen and oxygen atoms in total. The topological polar surface area (TPSA) is 64.3 Å². The van der Waals surface area contributed by atoms with Crippen LogP contribution in [0.2, 0.25) is 0 Å². The molecule has 160 valence electrons. The number of aliphatic hydroxyl groups is 1. The van der Waals surface area contributed by atoms with Crippen LogP contribution < -0.4 is 0 Å². The highest BCUT2D eigenvalue weighted by Crippen LogP contribution is 2.34. The van der Waals surface area contributed by atoms with E-state index in [9.17, 15) is 14.3 Å². The highest BCUT2D eigenvalue weighted by Gasteiger charge is 2.26. The van der Waals surface area contributed by atoms with Gasteiger partial charge in [0.2, 0.25) is 0 Å². The van der Waals surface area contributed by atoms with Gasteiger partial charge in [-0.3, -0.25) is 4.79 Å². The Morgan fingerprint density at radius 2 is 1.87 bits per heavy atom. The van der Waals surface area contributed by atoms with Crippen molar-refractivity contribution in [2.75, 3.05) is 0 Å². The molecule has 3 aromatic rings. The van der Waals surface area contributed by atoms with Crippen LogP contribution in [0, 0.1) is 5.82 Å². The minimum absolute atomic E-state index is 0.0222. The van der Waals surface area contributed by atoms with Crippen LogP contribution in [0.4, 0.5) is 4.39 Å². The Morgan fingerprint density at radius 1 is 1.16 bits per heavy atom. The van der Waals surface area contributed by atoms with Crippen LogP contribution in [0.1, 0.15) is 43.9 Å². The van der Waals surface area contributed by atoms with Crippen LogP contribution in [0.3, 0.4) is 0 Å². The molecule has 1 N–H and O–H groups in total. The molecular formula is C25H25FN2O3. The van der Waals surface area contributed by atoms with Gasteiger partial charge in [-0.25, -0.2) is 9.07 Å². The molecule has 0 spiro atoms. The minimum Gasteiger partial charge on any atom is -0.458 e. The van der Waals surface area contributed by atoms with Gasteiger partial charge in [0, 0.05) is 17.5 Å². The number of hydrogen-bond donors (Lipinski definition) is 1. The lowest BCUT2D eigenvalue weighted by molar-refractivity contribution is -0.156. The number of nitrogens with zero attached hydrogens (tertiary/aromatic N) is 2. The SMILES string of the molecule is CC(C)c1nn(-c2ccccc2)c(-c2ccc(F)cc2)c1/C=C/[C@@H]1C[C@@H](O)CC(=O)O1. The zero-order chi connectivity index (χ0) is 22.0. The first kappa shape index (κ1) is 21.0. The summed E-state index contributed by atoms with van der Waals surface area (Å²) >= 11 is 0. The molecule has 1 aromatic heterocycles. The van der Waals surface area contributed by atoms with Crippen LogP contribution in [-0.2, 0) is 9.53 Å². The van der Waals surface area contributed by atoms with Crippen LogP contribution in [0.15, 0.2) is 60.7 Å². The Labute approximate surface area is 180 Å². The fraction of sp³-hybridized carbons (Fsp3) is 0.280. The Kier molecular flexibility index (Phi) is 6.00. The molecule has 1 fully saturated rings. The van der Waals surface area contributed by atoms with Gasteiger partial charge in [0.1, 0.15) is 11.9 Å². The number of para-hydroxylation sites is 1. The highest BCUT2D eigenvalue weighted by molar-refractivity contribution is 5.76. The average molecular weight is 420 g/mol. The Bertz CT molecular complexity index is 1090. The number of carbonyl (C=O) groups is 1. The van der Waals surface area contributed by atoms with E-state index >= 15 is 0 Å². The van der Waals surface area contributed by atoms with Crippen molar-refractivity contribution in [3.8, 4) is 16.9 Å². The number of rotatable bonds is 5. The first-order valence-corrected chi connectivity index (χ1v) is 10.4. The lowest BCUT2D eigenvalue weighted by atomic mass is 9.98. The molecule has 2 atom stereocenters. The number of ether oxygens (including phenoxy) is 1. The molecule has 2 heterocycles. The summed E-state index contributed by atoms with van der Waals surface area (Å²) in [6.45, 7) is 4.13. The van der Waals surface area contributed by atoms with Crippen LogP contribution in [-0.4, -0.2) is 33.1 Å². The van der Waals surface area contributed by atoms with E-state index in [2.05, 4.69) is 13.8 Å². The zero-order valence-electron chi connectivity index (χ0n) is 17.5. The number of esters is 1. The van der Waals surface area contributed by atoms with E-state index in [-0.39, 0.29) is 18.2 Å². The quantitative estimate of drug-likeness (QED) is 0.598. The maximum Gasteiger partial charge on any atom is 0.309 e. The Balaban J connectivity index is 1.86. The summed E-state index contributed by atoms with van der Waals surface area (Å²) in [5.41, 5.74) is 4.30. The molecular weight excluding hydrogens is 395 g/mol. The number of carbonyl (C=O) groups excluding carboxylic acids is 1. The van der Waals surface area contributed by atoms with E-state index in [0.717, 1.165) is 28.2 Å². The van der Waals surface area contributed by atoms with Crippen molar-refractivity contribution in [1.82, 2.24) is 9.78 Å². The van der Waals surface area contributed by atoms with E-state index in [1.807, 2.05) is 41.1 Å². The van der Waals surface area contributed by atoms with Crippen LogP contribution in [0.5, 0.6) is 0 Å². The maximum absolute atomic E-state index is 13.6. The van der Waals surface area contributed by atoms with Crippen LogP contribution >= 0.6 is 0 Å². The molecule has 2 aromatic carbocycles. The standard InChI is InChI=1S/C25H25FN2O3/c1-16(2)24-22(13-12-21-14-20(29)15-23(30)31-21)25(17-8-10-18(26)11-9-17)28(27-24)19-6-4-3-5-7-19/h3-13,16,20-21,29H,14-15H2,1-2H3/b13-12+/t20-,21-/m1/s1. The fourth-order valence-electron chi connectivity index (χ4n) is 3.81. The summed E-state index contributed by atoms with van der Waals surface area (Å²) in [4.78, 5) is 11.7. The number of aromatic nitrogens is 2. The molecule has 4 rings (SSSR count). The molecule has 0 unspecified atom stereocenters. The summed E-state index contributed by atoms with van der Waals surface area (Å²) in [6.07, 6.45) is 2.87. The highest BCUT2D eigenvalue weighted by atomic mass is 19.1. The van der Waals surface area contributed by atoms with Gasteiger partial charge in [0.25, 0.3) is 0 Å². The third-order valence-electron chi connectivity index (χ3n) is 5.28. The van der Waals surface area contributed by atoms with Crippen molar-refractivity contribution in [2.24, 2.45) is 0 Å². The third-order valence-corrected chi connectivity index (χ3v) is 5.28. The maximum atomic E-state index is 13.6. The second kappa shape index (κ2) is 8.86. The molecule has 6 heteroatoms. The molecule has 0 aliphatic carbocycles. The molecule has 1 aliphatic heterocycles. The number of halogens is 1. The molecule has 1 saturated heterocycles. The Morgan fingerprint density at radius 3 is 2.52 bits per heavy atom. The van der Waals surface area contributed by atoms with Gasteiger partial charge in [-0.2, -0.15) is 5.10 Å². The van der Waals surface area contributed by atoms with E-state index in [4.69, 9.17) is 9.84 Å². The molecule has 31 heavy (non-hydrogen) atoms. The molecule has 0 bridgehead atoms. The predicted molar refractivity (Wildman–Crippen MR) is 117 cm³/mol. The summed E-state index contributed by atoms with van der Waals surface area (Å²) in [5.74, 6) is -0.585. The van der Waals surface area contributed by atoms with Crippen molar-refractivity contribution in [1.29, 1.82) is 0 Å². The summed E-state index contributed by atoms with van der Waals surface area (Å²) < 4.78 is 20.8. The predicted octanol–water partition coefficient (Wildman–Crippen LogP) is 4.88. The van der Waals surface area contributed by atoms with Crippen molar-refractivity contribution in [2.45, 2.75) is 44.8 Å². The average Bonchev–Trinajstić information content (AvgIpc) is 3.12. The summed E-state index contributed by atoms with van der Waals surface area (Å²) in [6, 6.07) is 16.1. The van der Waals surface area contributed by atoms with Gasteiger partial charge in [-0.15, -0.1) is 0 Å². The monoisotopic (exact) mass is 420 g/mol. The van der Waals surface area contributed by atoms with Gasteiger partial charge < -0.3 is 9.84 Å². The normalized spacial score (nSPS) is 19.2. The van der Waals surface area contributed by atoms with Crippen molar-refractivity contribution < 1.29 is 19.0 Å². The first-order valence-electron chi connectivity index (χ1n) is 10.4. The first-order chi connectivity index (χ1) is 14.9. The summed E-state index contributed by atoms with van der Waals surface area (Å²) in [7, 11) is 0. The van der Waals surface area contributed by atoms with E-state index in [1.54, 1.807) is 18.2 Å². The summed E-state index contributed by atoms with van der Waals surface area (Å²) in [5, 5.41) is 14.8. The molecule has 0 amide bonds. The van der Waals surface area contributed by atoms with E-state index in [0.29, 0.717) is 6.42 Å². The third kappa shape index (κ3) is 4.59.